The van der Waals surface area contributed by atoms with Gasteiger partial charge in [-0.05, 0) is 36.5 Å². The lowest BCUT2D eigenvalue weighted by Crippen LogP contribution is -2.34. The molecule has 1 aromatic carbocycles. The molecule has 6 nitrogen and oxygen atoms in total. The molecule has 9 heteroatoms. The van der Waals surface area contributed by atoms with Gasteiger partial charge in [0.05, 0.1) is 16.3 Å². The number of nitrogens with one attached hydrogen (secondary N) is 1. The van der Waals surface area contributed by atoms with Crippen LogP contribution in [0.3, 0.4) is 0 Å². The van der Waals surface area contributed by atoms with E-state index in [0.717, 1.165) is 10.6 Å². The van der Waals surface area contributed by atoms with E-state index in [9.17, 15) is 16.8 Å². The molecule has 1 aliphatic rings. The molecule has 0 unspecified atom stereocenters. The summed E-state index contributed by atoms with van der Waals surface area (Å²) in [5.74, 6) is 0. The first-order chi connectivity index (χ1) is 8.73. The highest BCUT2D eigenvalue weighted by Crippen LogP contribution is 2.19. The average Bonchev–Trinajstić information content (AvgIpc) is 2.75. The summed E-state index contributed by atoms with van der Waals surface area (Å²) in [6, 6.07) is 5.09. The number of sulfonamides is 1. The van der Waals surface area contributed by atoms with Crippen LogP contribution in [0.25, 0.3) is 0 Å². The van der Waals surface area contributed by atoms with Crippen molar-refractivity contribution in [3.05, 3.63) is 24.3 Å². The van der Waals surface area contributed by atoms with E-state index in [0.29, 0.717) is 6.54 Å². The Balaban J connectivity index is 2.40. The zero-order valence-electron chi connectivity index (χ0n) is 10.0. The highest BCUT2D eigenvalue weighted by molar-refractivity contribution is 7.91. The predicted octanol–water partition coefficient (Wildman–Crippen LogP) is -0.0311. The van der Waals surface area contributed by atoms with Gasteiger partial charge in [-0.2, -0.15) is 0 Å². The van der Waals surface area contributed by atoms with Crippen LogP contribution in [0.1, 0.15) is 0 Å². The second kappa shape index (κ2) is 4.73. The van der Waals surface area contributed by atoms with Gasteiger partial charge in [0.25, 0.3) is 10.0 Å². The number of hydrogen-bond donors (Lipinski definition) is 1. The van der Waals surface area contributed by atoms with Gasteiger partial charge in [0.1, 0.15) is 0 Å². The van der Waals surface area contributed by atoms with Crippen LogP contribution in [0.15, 0.2) is 34.1 Å². The van der Waals surface area contributed by atoms with E-state index in [1.54, 1.807) is 0 Å². The summed E-state index contributed by atoms with van der Waals surface area (Å²) in [6.07, 6.45) is 1.07. The summed E-state index contributed by atoms with van der Waals surface area (Å²) in [5, 5.41) is 2.92. The Labute approximate surface area is 117 Å². The summed E-state index contributed by atoms with van der Waals surface area (Å²) < 4.78 is 48.2. The Morgan fingerprint density at radius 2 is 1.63 bits per heavy atom. The maximum atomic E-state index is 12.3. The van der Waals surface area contributed by atoms with Gasteiger partial charge in [0.15, 0.2) is 14.9 Å². The van der Waals surface area contributed by atoms with Gasteiger partial charge < -0.3 is 5.32 Å². The van der Waals surface area contributed by atoms with Gasteiger partial charge in [-0.15, -0.1) is 0 Å². The standard InChI is InChI=1S/C10H12N2O4S3/c1-18(13,14)8-2-4-9(5-3-8)19(15,16)12-7-6-11-10(12)17/h2-5H,6-7H2,1H3,(H,11,17). The molecule has 0 atom stereocenters. The summed E-state index contributed by atoms with van der Waals surface area (Å²) in [6.45, 7) is 0.745. The molecular formula is C10H12N2O4S3. The Bertz CT molecular complexity index is 708. The van der Waals surface area contributed by atoms with Crippen molar-refractivity contribution in [2.24, 2.45) is 0 Å². The Hall–Kier alpha value is -1.19. The first kappa shape index (κ1) is 14.2. The summed E-state index contributed by atoms with van der Waals surface area (Å²) >= 11 is 4.91. The molecule has 0 bridgehead atoms. The molecule has 1 heterocycles. The van der Waals surface area contributed by atoms with E-state index in [-0.39, 0.29) is 21.4 Å². The number of hydrogen-bond acceptors (Lipinski definition) is 5. The van der Waals surface area contributed by atoms with E-state index in [1.165, 1.54) is 24.3 Å². The molecule has 104 valence electrons. The lowest BCUT2D eigenvalue weighted by molar-refractivity contribution is 0.541. The fourth-order valence-corrected chi connectivity index (χ4v) is 4.14. The Morgan fingerprint density at radius 3 is 2.05 bits per heavy atom. The maximum absolute atomic E-state index is 12.3. The fourth-order valence-electron chi connectivity index (χ4n) is 1.67. The topological polar surface area (TPSA) is 83.5 Å². The van der Waals surface area contributed by atoms with E-state index in [2.05, 4.69) is 5.32 Å². The van der Waals surface area contributed by atoms with Crippen molar-refractivity contribution >= 4 is 37.2 Å². The molecular weight excluding hydrogens is 308 g/mol. The summed E-state index contributed by atoms with van der Waals surface area (Å²) in [4.78, 5) is 0.0968. The largest absolute Gasteiger partial charge is 0.360 e. The number of sulfone groups is 1. The van der Waals surface area contributed by atoms with Gasteiger partial charge in [-0.1, -0.05) is 0 Å². The van der Waals surface area contributed by atoms with E-state index in [4.69, 9.17) is 12.2 Å². The van der Waals surface area contributed by atoms with Gasteiger partial charge >= 0.3 is 0 Å². The molecule has 1 fully saturated rings. The predicted molar refractivity (Wildman–Crippen MR) is 74.0 cm³/mol. The van der Waals surface area contributed by atoms with E-state index in [1.807, 2.05) is 0 Å². The third-order valence-electron chi connectivity index (χ3n) is 2.66. The van der Waals surface area contributed by atoms with Crippen LogP contribution in [0.2, 0.25) is 0 Å². The first-order valence-corrected chi connectivity index (χ1v) is 9.07. The molecule has 1 aromatic rings. The third kappa shape index (κ3) is 2.72. The van der Waals surface area contributed by atoms with Crippen LogP contribution < -0.4 is 5.32 Å². The van der Waals surface area contributed by atoms with Crippen molar-refractivity contribution in [3.8, 4) is 0 Å². The molecule has 2 rings (SSSR count). The first-order valence-electron chi connectivity index (χ1n) is 5.33. The van der Waals surface area contributed by atoms with Gasteiger partial charge in [0, 0.05) is 12.8 Å². The maximum Gasteiger partial charge on any atom is 0.266 e. The second-order valence-corrected chi connectivity index (χ2v) is 8.32. The highest BCUT2D eigenvalue weighted by atomic mass is 32.2. The van der Waals surface area contributed by atoms with Gasteiger partial charge in [-0.25, -0.2) is 21.1 Å². The monoisotopic (exact) mass is 320 g/mol. The van der Waals surface area contributed by atoms with Crippen molar-refractivity contribution < 1.29 is 16.8 Å². The van der Waals surface area contributed by atoms with Crippen molar-refractivity contribution in [1.29, 1.82) is 0 Å². The molecule has 0 spiro atoms. The molecule has 0 saturated carbocycles. The number of benzene rings is 1. The zero-order chi connectivity index (χ0) is 14.3. The van der Waals surface area contributed by atoms with Gasteiger partial charge in [-0.3, -0.25) is 0 Å². The zero-order valence-corrected chi connectivity index (χ0v) is 12.5. The Morgan fingerprint density at radius 1 is 1.11 bits per heavy atom. The fraction of sp³-hybridized carbons (Fsp3) is 0.300. The van der Waals surface area contributed by atoms with Crippen LogP contribution in [-0.4, -0.2) is 45.6 Å². The van der Waals surface area contributed by atoms with Crippen LogP contribution >= 0.6 is 12.2 Å². The quantitative estimate of drug-likeness (QED) is 0.788. The average molecular weight is 320 g/mol. The SMILES string of the molecule is CS(=O)(=O)c1ccc(S(=O)(=O)N2CCNC2=S)cc1. The summed E-state index contributed by atoms with van der Waals surface area (Å²) in [7, 11) is -7.06. The van der Waals surface area contributed by atoms with E-state index < -0.39 is 19.9 Å². The van der Waals surface area contributed by atoms with E-state index >= 15 is 0 Å². The minimum absolute atomic E-state index is 0.0194. The molecule has 1 aliphatic heterocycles. The van der Waals surface area contributed by atoms with Crippen LogP contribution in [0.4, 0.5) is 0 Å². The Kier molecular flexibility index (Phi) is 3.54. The van der Waals surface area contributed by atoms with Crippen LogP contribution in [0, 0.1) is 0 Å². The highest BCUT2D eigenvalue weighted by Gasteiger charge is 2.30. The summed E-state index contributed by atoms with van der Waals surface area (Å²) in [5.41, 5.74) is 0. The van der Waals surface area contributed by atoms with Crippen molar-refractivity contribution in [2.75, 3.05) is 19.3 Å². The number of rotatable bonds is 3. The second-order valence-electron chi connectivity index (χ2n) is 4.05. The smallest absolute Gasteiger partial charge is 0.266 e. The number of thiocarbonyl (C=S) groups is 1. The molecule has 0 aromatic heterocycles. The minimum atomic E-state index is -3.72. The molecule has 1 saturated heterocycles. The molecule has 0 aliphatic carbocycles. The van der Waals surface area contributed by atoms with Crippen molar-refractivity contribution in [3.63, 3.8) is 0 Å². The van der Waals surface area contributed by atoms with Crippen LogP contribution in [-0.2, 0) is 19.9 Å². The normalized spacial score (nSPS) is 16.5. The third-order valence-corrected chi connectivity index (χ3v) is 6.08. The van der Waals surface area contributed by atoms with Crippen LogP contribution in [0.5, 0.6) is 0 Å². The van der Waals surface area contributed by atoms with Gasteiger partial charge in [0.2, 0.25) is 0 Å². The molecule has 0 radical (unpaired) electrons. The minimum Gasteiger partial charge on any atom is -0.360 e. The lowest BCUT2D eigenvalue weighted by atomic mass is 10.4. The van der Waals surface area contributed by atoms with Crippen molar-refractivity contribution in [1.82, 2.24) is 9.62 Å². The van der Waals surface area contributed by atoms with Crippen molar-refractivity contribution in [2.45, 2.75) is 9.79 Å². The molecule has 19 heavy (non-hydrogen) atoms. The number of nitrogens with zero attached hydrogens (tertiary/aromatic N) is 1. The lowest BCUT2D eigenvalue weighted by Gasteiger charge is -2.16. The molecule has 1 N–H and O–H groups in total. The molecule has 0 amide bonds.